The van der Waals surface area contributed by atoms with Gasteiger partial charge in [-0.1, -0.05) is 24.3 Å². The average Bonchev–Trinajstić information content (AvgIpc) is 2.30. The van der Waals surface area contributed by atoms with E-state index in [2.05, 4.69) is 6.66 Å². The molecule has 0 aliphatic carbocycles. The Kier molecular flexibility index (Phi) is 3.31. The Morgan fingerprint density at radius 3 is 1.31 bits per heavy atom. The molecule has 0 bridgehead atoms. The lowest BCUT2D eigenvalue weighted by Crippen LogP contribution is -2.10. The molecule has 0 saturated carbocycles. The van der Waals surface area contributed by atoms with E-state index in [-0.39, 0.29) is 11.6 Å². The smallest absolute Gasteiger partial charge is 0.123 e. The van der Waals surface area contributed by atoms with Crippen LogP contribution in [0.3, 0.4) is 0 Å². The van der Waals surface area contributed by atoms with Gasteiger partial charge in [-0.05, 0) is 49.5 Å². The molecule has 2 rings (SSSR count). The standard InChI is InChI=1S/C13H11F2P/c1-16(12-6-2-10(14)3-7-12)13-8-4-11(15)5-9-13/h2-9H,1H3. The van der Waals surface area contributed by atoms with E-state index in [4.69, 9.17) is 0 Å². The SMILES string of the molecule is CP(c1ccc(F)cc1)c1ccc(F)cc1. The summed E-state index contributed by atoms with van der Waals surface area (Å²) in [5.74, 6) is -0.461. The summed E-state index contributed by atoms with van der Waals surface area (Å²) in [7, 11) is -0.529. The molecule has 0 spiro atoms. The second kappa shape index (κ2) is 4.71. The van der Waals surface area contributed by atoms with Gasteiger partial charge in [0, 0.05) is 0 Å². The maximum absolute atomic E-state index is 12.8. The fourth-order valence-corrected chi connectivity index (χ4v) is 2.97. The first kappa shape index (κ1) is 11.2. The number of benzene rings is 2. The molecule has 0 atom stereocenters. The first-order chi connectivity index (χ1) is 7.66. The normalized spacial score (nSPS) is 10.8. The molecule has 0 amide bonds. The van der Waals surface area contributed by atoms with Crippen molar-refractivity contribution >= 4 is 18.5 Å². The molecule has 0 N–H and O–H groups in total. The third-order valence-electron chi connectivity index (χ3n) is 2.43. The summed E-state index contributed by atoms with van der Waals surface area (Å²) in [5, 5.41) is 2.17. The second-order valence-electron chi connectivity index (χ2n) is 3.51. The molecule has 0 aliphatic rings. The highest BCUT2D eigenvalue weighted by atomic mass is 31.1. The van der Waals surface area contributed by atoms with Gasteiger partial charge < -0.3 is 0 Å². The van der Waals surface area contributed by atoms with E-state index in [1.807, 2.05) is 0 Å². The average molecular weight is 236 g/mol. The number of hydrogen-bond acceptors (Lipinski definition) is 0. The van der Waals surface area contributed by atoms with Crippen LogP contribution in [-0.2, 0) is 0 Å². The summed E-state index contributed by atoms with van der Waals surface area (Å²) in [6.45, 7) is 2.08. The van der Waals surface area contributed by atoms with E-state index in [0.717, 1.165) is 10.6 Å². The van der Waals surface area contributed by atoms with Crippen molar-refractivity contribution in [2.45, 2.75) is 0 Å². The molecule has 16 heavy (non-hydrogen) atoms. The molecular weight excluding hydrogens is 225 g/mol. The van der Waals surface area contributed by atoms with Crippen LogP contribution in [0.5, 0.6) is 0 Å². The quantitative estimate of drug-likeness (QED) is 0.703. The third-order valence-corrected chi connectivity index (χ3v) is 4.57. The van der Waals surface area contributed by atoms with Gasteiger partial charge in [0.1, 0.15) is 11.6 Å². The van der Waals surface area contributed by atoms with E-state index < -0.39 is 7.92 Å². The fraction of sp³-hybridized carbons (Fsp3) is 0.0769. The summed E-state index contributed by atoms with van der Waals surface area (Å²) < 4.78 is 25.5. The topological polar surface area (TPSA) is 0 Å². The molecule has 0 heterocycles. The summed E-state index contributed by atoms with van der Waals surface area (Å²) in [5.41, 5.74) is 0. The lowest BCUT2D eigenvalue weighted by atomic mass is 10.3. The maximum atomic E-state index is 12.8. The van der Waals surface area contributed by atoms with E-state index in [0.29, 0.717) is 0 Å². The fourth-order valence-electron chi connectivity index (χ4n) is 1.48. The van der Waals surface area contributed by atoms with Crippen LogP contribution in [0.4, 0.5) is 8.78 Å². The highest BCUT2D eigenvalue weighted by Gasteiger charge is 2.07. The minimum Gasteiger partial charge on any atom is -0.207 e. The third kappa shape index (κ3) is 2.45. The molecule has 0 fully saturated rings. The Morgan fingerprint density at radius 2 is 1.00 bits per heavy atom. The van der Waals surface area contributed by atoms with Crippen LogP contribution in [0, 0.1) is 11.6 Å². The van der Waals surface area contributed by atoms with Crippen molar-refractivity contribution in [2.24, 2.45) is 0 Å². The summed E-state index contributed by atoms with van der Waals surface area (Å²) in [6.07, 6.45) is 0. The zero-order chi connectivity index (χ0) is 11.5. The molecular formula is C13H11F2P. The summed E-state index contributed by atoms with van der Waals surface area (Å²) >= 11 is 0. The zero-order valence-electron chi connectivity index (χ0n) is 8.82. The summed E-state index contributed by atoms with van der Waals surface area (Å²) in [6, 6.07) is 13.0. The lowest BCUT2D eigenvalue weighted by molar-refractivity contribution is 0.628. The predicted octanol–water partition coefficient (Wildman–Crippen LogP) is 3.03. The van der Waals surface area contributed by atoms with Crippen LogP contribution in [0.15, 0.2) is 48.5 Å². The Hall–Kier alpha value is -1.27. The van der Waals surface area contributed by atoms with Gasteiger partial charge in [-0.15, -0.1) is 0 Å². The largest absolute Gasteiger partial charge is 0.207 e. The number of halogens is 2. The van der Waals surface area contributed by atoms with Crippen LogP contribution < -0.4 is 10.6 Å². The van der Waals surface area contributed by atoms with Crippen molar-refractivity contribution in [3.8, 4) is 0 Å². The Bertz CT molecular complexity index is 417. The molecule has 2 aromatic rings. The first-order valence-corrected chi connectivity index (χ1v) is 6.70. The second-order valence-corrected chi connectivity index (χ2v) is 5.66. The van der Waals surface area contributed by atoms with Crippen molar-refractivity contribution in [3.63, 3.8) is 0 Å². The molecule has 0 radical (unpaired) electrons. The van der Waals surface area contributed by atoms with Crippen LogP contribution in [0.1, 0.15) is 0 Å². The van der Waals surface area contributed by atoms with Gasteiger partial charge >= 0.3 is 0 Å². The Balaban J connectivity index is 2.28. The van der Waals surface area contributed by atoms with Crippen LogP contribution in [-0.4, -0.2) is 6.66 Å². The van der Waals surface area contributed by atoms with Crippen LogP contribution in [0.2, 0.25) is 0 Å². The van der Waals surface area contributed by atoms with Crippen molar-refractivity contribution in [2.75, 3.05) is 6.66 Å². The Morgan fingerprint density at radius 1 is 0.688 bits per heavy atom. The van der Waals surface area contributed by atoms with Crippen molar-refractivity contribution in [1.82, 2.24) is 0 Å². The molecule has 0 saturated heterocycles. The van der Waals surface area contributed by atoms with E-state index in [1.54, 1.807) is 24.3 Å². The predicted molar refractivity (Wildman–Crippen MR) is 64.9 cm³/mol. The molecule has 0 nitrogen and oxygen atoms in total. The monoisotopic (exact) mass is 236 g/mol. The number of hydrogen-bond donors (Lipinski definition) is 0. The van der Waals surface area contributed by atoms with Crippen molar-refractivity contribution in [1.29, 1.82) is 0 Å². The molecule has 0 unspecified atom stereocenters. The van der Waals surface area contributed by atoms with E-state index in [1.165, 1.54) is 24.3 Å². The van der Waals surface area contributed by atoms with Crippen molar-refractivity contribution < 1.29 is 8.78 Å². The van der Waals surface area contributed by atoms with Crippen LogP contribution in [0.25, 0.3) is 0 Å². The van der Waals surface area contributed by atoms with Gasteiger partial charge in [-0.25, -0.2) is 8.78 Å². The first-order valence-electron chi connectivity index (χ1n) is 4.92. The highest BCUT2D eigenvalue weighted by Crippen LogP contribution is 2.28. The van der Waals surface area contributed by atoms with Crippen LogP contribution >= 0.6 is 7.92 Å². The van der Waals surface area contributed by atoms with Gasteiger partial charge in [0.05, 0.1) is 0 Å². The van der Waals surface area contributed by atoms with E-state index in [9.17, 15) is 8.78 Å². The van der Waals surface area contributed by atoms with Gasteiger partial charge in [0.25, 0.3) is 0 Å². The summed E-state index contributed by atoms with van der Waals surface area (Å²) in [4.78, 5) is 0. The number of rotatable bonds is 2. The zero-order valence-corrected chi connectivity index (χ0v) is 9.72. The van der Waals surface area contributed by atoms with Gasteiger partial charge in [0.2, 0.25) is 0 Å². The molecule has 3 heteroatoms. The molecule has 0 aliphatic heterocycles. The molecule has 0 aromatic heterocycles. The highest BCUT2D eigenvalue weighted by molar-refractivity contribution is 7.72. The molecule has 2 aromatic carbocycles. The minimum absolute atomic E-state index is 0.230. The van der Waals surface area contributed by atoms with Gasteiger partial charge in [0.15, 0.2) is 0 Å². The minimum atomic E-state index is -0.529. The van der Waals surface area contributed by atoms with E-state index >= 15 is 0 Å². The van der Waals surface area contributed by atoms with Crippen molar-refractivity contribution in [3.05, 3.63) is 60.2 Å². The molecule has 82 valence electrons. The van der Waals surface area contributed by atoms with Gasteiger partial charge in [-0.3, -0.25) is 0 Å². The van der Waals surface area contributed by atoms with Gasteiger partial charge in [-0.2, -0.15) is 0 Å². The Labute approximate surface area is 94.7 Å². The lowest BCUT2D eigenvalue weighted by Gasteiger charge is -2.12. The maximum Gasteiger partial charge on any atom is 0.123 e.